The van der Waals surface area contributed by atoms with E-state index >= 15 is 0 Å². The molecule has 0 spiro atoms. The molecule has 0 heterocycles. The third-order valence-corrected chi connectivity index (χ3v) is 2.57. The zero-order valence-corrected chi connectivity index (χ0v) is 6.88. The molecule has 2 atom stereocenters. The van der Waals surface area contributed by atoms with E-state index in [9.17, 15) is 9.59 Å². The molecule has 0 saturated heterocycles. The van der Waals surface area contributed by atoms with E-state index in [1.165, 1.54) is 0 Å². The van der Waals surface area contributed by atoms with Crippen LogP contribution in [0.15, 0.2) is 0 Å². The SMILES string of the molecule is O=C(O)[C@@H](S)[C@@H]1CCCC1=O. The third kappa shape index (κ3) is 1.74. The Kier molecular flexibility index (Phi) is 2.54. The number of Topliss-reactive ketones (excluding diaryl/α,β-unsaturated/α-hetero) is 1. The zero-order valence-electron chi connectivity index (χ0n) is 5.99. The molecule has 0 bridgehead atoms. The lowest BCUT2D eigenvalue weighted by molar-refractivity contribution is -0.139. The summed E-state index contributed by atoms with van der Waals surface area (Å²) < 4.78 is 0. The van der Waals surface area contributed by atoms with E-state index in [1.54, 1.807) is 0 Å². The summed E-state index contributed by atoms with van der Waals surface area (Å²) in [5.41, 5.74) is 0. The first kappa shape index (κ1) is 8.59. The zero-order chi connectivity index (χ0) is 8.43. The van der Waals surface area contributed by atoms with E-state index in [4.69, 9.17) is 5.11 Å². The molecular weight excluding hydrogens is 164 g/mol. The smallest absolute Gasteiger partial charge is 0.317 e. The van der Waals surface area contributed by atoms with Crippen molar-refractivity contribution in [3.05, 3.63) is 0 Å². The maximum Gasteiger partial charge on any atom is 0.317 e. The van der Waals surface area contributed by atoms with Crippen LogP contribution >= 0.6 is 12.6 Å². The Balaban J connectivity index is 2.59. The van der Waals surface area contributed by atoms with Crippen LogP contribution in [0.3, 0.4) is 0 Å². The maximum absolute atomic E-state index is 11.0. The fraction of sp³-hybridized carbons (Fsp3) is 0.714. The van der Waals surface area contributed by atoms with Gasteiger partial charge in [0.2, 0.25) is 0 Å². The summed E-state index contributed by atoms with van der Waals surface area (Å²) in [7, 11) is 0. The molecule has 1 aliphatic rings. The summed E-state index contributed by atoms with van der Waals surface area (Å²) >= 11 is 3.86. The molecule has 0 radical (unpaired) electrons. The second-order valence-corrected chi connectivity index (χ2v) is 3.30. The van der Waals surface area contributed by atoms with Gasteiger partial charge in [0, 0.05) is 12.3 Å². The van der Waals surface area contributed by atoms with Crippen LogP contribution in [0, 0.1) is 5.92 Å². The molecule has 1 aliphatic carbocycles. The van der Waals surface area contributed by atoms with Crippen molar-refractivity contribution in [3.8, 4) is 0 Å². The van der Waals surface area contributed by atoms with Crippen molar-refractivity contribution in [1.82, 2.24) is 0 Å². The van der Waals surface area contributed by atoms with Gasteiger partial charge in [-0.2, -0.15) is 12.6 Å². The summed E-state index contributed by atoms with van der Waals surface area (Å²) in [5, 5.41) is 7.73. The number of hydrogen-bond acceptors (Lipinski definition) is 3. The summed E-state index contributed by atoms with van der Waals surface area (Å²) in [4.78, 5) is 21.4. The predicted octanol–water partition coefficient (Wildman–Crippen LogP) is 0.739. The van der Waals surface area contributed by atoms with Crippen LogP contribution in [0.1, 0.15) is 19.3 Å². The minimum Gasteiger partial charge on any atom is -0.480 e. The first-order valence-electron chi connectivity index (χ1n) is 3.56. The lowest BCUT2D eigenvalue weighted by atomic mass is 10.0. The highest BCUT2D eigenvalue weighted by Gasteiger charge is 2.33. The van der Waals surface area contributed by atoms with Crippen molar-refractivity contribution in [3.63, 3.8) is 0 Å². The molecule has 1 fully saturated rings. The Hall–Kier alpha value is -0.510. The van der Waals surface area contributed by atoms with Crippen molar-refractivity contribution < 1.29 is 14.7 Å². The van der Waals surface area contributed by atoms with E-state index in [-0.39, 0.29) is 11.7 Å². The molecule has 3 nitrogen and oxygen atoms in total. The molecule has 0 unspecified atom stereocenters. The minimum atomic E-state index is -0.992. The molecule has 62 valence electrons. The molecule has 0 amide bonds. The molecule has 11 heavy (non-hydrogen) atoms. The van der Waals surface area contributed by atoms with Crippen LogP contribution < -0.4 is 0 Å². The molecule has 0 aromatic carbocycles. The maximum atomic E-state index is 11.0. The Morgan fingerprint density at radius 1 is 1.73 bits per heavy atom. The van der Waals surface area contributed by atoms with Crippen molar-refractivity contribution in [2.24, 2.45) is 5.92 Å². The van der Waals surface area contributed by atoms with E-state index in [1.807, 2.05) is 0 Å². The van der Waals surface area contributed by atoms with Crippen LogP contribution in [0.2, 0.25) is 0 Å². The van der Waals surface area contributed by atoms with Crippen LogP contribution in [0.25, 0.3) is 0 Å². The Morgan fingerprint density at radius 3 is 2.73 bits per heavy atom. The molecule has 1 rings (SSSR count). The number of carbonyl (C=O) groups is 2. The van der Waals surface area contributed by atoms with Gasteiger partial charge in [0.1, 0.15) is 11.0 Å². The van der Waals surface area contributed by atoms with Gasteiger partial charge >= 0.3 is 5.97 Å². The second-order valence-electron chi connectivity index (χ2n) is 2.75. The summed E-state index contributed by atoms with van der Waals surface area (Å²) in [5.74, 6) is -1.29. The van der Waals surface area contributed by atoms with Gasteiger partial charge in [-0.05, 0) is 12.8 Å². The first-order valence-corrected chi connectivity index (χ1v) is 4.08. The number of carboxylic acids is 1. The van der Waals surface area contributed by atoms with Gasteiger partial charge in [-0.1, -0.05) is 0 Å². The second kappa shape index (κ2) is 3.26. The largest absolute Gasteiger partial charge is 0.480 e. The fourth-order valence-electron chi connectivity index (χ4n) is 1.35. The van der Waals surface area contributed by atoms with Gasteiger partial charge in [0.25, 0.3) is 0 Å². The monoisotopic (exact) mass is 174 g/mol. The normalized spacial score (nSPS) is 27.0. The van der Waals surface area contributed by atoms with Gasteiger partial charge in [-0.25, -0.2) is 0 Å². The van der Waals surface area contributed by atoms with Crippen LogP contribution in [-0.4, -0.2) is 22.1 Å². The number of carboxylic acid groups (broad SMARTS) is 1. The van der Waals surface area contributed by atoms with Gasteiger partial charge in [0.05, 0.1) is 0 Å². The highest BCUT2D eigenvalue weighted by Crippen LogP contribution is 2.27. The lowest BCUT2D eigenvalue weighted by Gasteiger charge is -2.10. The van der Waals surface area contributed by atoms with Crippen LogP contribution in [-0.2, 0) is 9.59 Å². The summed E-state index contributed by atoms with van der Waals surface area (Å²) in [6, 6.07) is 0. The van der Waals surface area contributed by atoms with Crippen molar-refractivity contribution >= 4 is 24.4 Å². The standard InChI is InChI=1S/C7H10O3S/c8-5-3-1-2-4(5)6(11)7(9)10/h4,6,11H,1-3H2,(H,9,10)/t4-,6+/m1/s1. The van der Waals surface area contributed by atoms with Gasteiger partial charge in [-0.3, -0.25) is 9.59 Å². The van der Waals surface area contributed by atoms with Crippen molar-refractivity contribution in [2.45, 2.75) is 24.5 Å². The lowest BCUT2D eigenvalue weighted by Crippen LogP contribution is -2.26. The van der Waals surface area contributed by atoms with Crippen LogP contribution in [0.4, 0.5) is 0 Å². The van der Waals surface area contributed by atoms with Crippen molar-refractivity contribution in [2.75, 3.05) is 0 Å². The number of ketones is 1. The van der Waals surface area contributed by atoms with E-state index < -0.39 is 11.2 Å². The highest BCUT2D eigenvalue weighted by atomic mass is 32.1. The van der Waals surface area contributed by atoms with E-state index in [0.29, 0.717) is 12.8 Å². The van der Waals surface area contributed by atoms with Crippen LogP contribution in [0.5, 0.6) is 0 Å². The average molecular weight is 174 g/mol. The number of rotatable bonds is 2. The van der Waals surface area contributed by atoms with E-state index in [2.05, 4.69) is 12.6 Å². The highest BCUT2D eigenvalue weighted by molar-refractivity contribution is 7.81. The summed E-state index contributed by atoms with van der Waals surface area (Å²) in [6.45, 7) is 0. The Labute approximate surface area is 70.2 Å². The average Bonchev–Trinajstić information content (AvgIpc) is 2.33. The Morgan fingerprint density at radius 2 is 2.36 bits per heavy atom. The molecule has 0 aromatic rings. The van der Waals surface area contributed by atoms with Crippen molar-refractivity contribution in [1.29, 1.82) is 0 Å². The summed E-state index contributed by atoms with van der Waals surface area (Å²) in [6.07, 6.45) is 2.02. The minimum absolute atomic E-state index is 0.0485. The van der Waals surface area contributed by atoms with Gasteiger partial charge in [0.15, 0.2) is 0 Å². The molecule has 0 aliphatic heterocycles. The topological polar surface area (TPSA) is 54.4 Å². The molecule has 1 N–H and O–H groups in total. The molecular formula is C7H10O3S. The number of aliphatic carboxylic acids is 1. The Bertz CT molecular complexity index is 190. The quantitative estimate of drug-likeness (QED) is 0.607. The fourth-order valence-corrected chi connectivity index (χ4v) is 1.66. The van der Waals surface area contributed by atoms with Gasteiger partial charge in [-0.15, -0.1) is 0 Å². The van der Waals surface area contributed by atoms with Gasteiger partial charge < -0.3 is 5.11 Å². The number of hydrogen-bond donors (Lipinski definition) is 2. The molecule has 0 aromatic heterocycles. The van der Waals surface area contributed by atoms with E-state index in [0.717, 1.165) is 6.42 Å². The third-order valence-electron chi connectivity index (χ3n) is 1.99. The number of carbonyl (C=O) groups excluding carboxylic acids is 1. The molecule has 1 saturated carbocycles. The first-order chi connectivity index (χ1) is 5.13. The predicted molar refractivity (Wildman–Crippen MR) is 42.8 cm³/mol. The molecule has 4 heteroatoms. The number of thiol groups is 1.